The highest BCUT2D eigenvalue weighted by Gasteiger charge is 2.17. The predicted octanol–water partition coefficient (Wildman–Crippen LogP) is 3.41. The summed E-state index contributed by atoms with van der Waals surface area (Å²) in [5, 5.41) is 0. The van der Waals surface area contributed by atoms with Gasteiger partial charge >= 0.3 is 7.60 Å². The van der Waals surface area contributed by atoms with Crippen LogP contribution in [0.25, 0.3) is 0 Å². The molecule has 0 rings (SSSR count). The van der Waals surface area contributed by atoms with Gasteiger partial charge in [0.25, 0.3) is 0 Å². The molecule has 18 heavy (non-hydrogen) atoms. The molecule has 0 bridgehead atoms. The molecular formula is C13H30NO3P. The van der Waals surface area contributed by atoms with Gasteiger partial charge in [-0.3, -0.25) is 4.57 Å². The first-order chi connectivity index (χ1) is 8.45. The second-order valence-corrected chi connectivity index (χ2v) is 6.92. The first-order valence-electron chi connectivity index (χ1n) is 7.26. The summed E-state index contributed by atoms with van der Waals surface area (Å²) < 4.78 is 10.7. The van der Waals surface area contributed by atoms with Crippen LogP contribution in [0.4, 0.5) is 0 Å². The van der Waals surface area contributed by atoms with Gasteiger partial charge in [0, 0.05) is 6.04 Å². The smallest absolute Gasteiger partial charge is 0.327 e. The Hall–Kier alpha value is 0.110. The van der Waals surface area contributed by atoms with Gasteiger partial charge in [-0.1, -0.05) is 64.7 Å². The molecule has 1 unspecified atom stereocenters. The second-order valence-electron chi connectivity index (χ2n) is 5.22. The number of unbranched alkanes of at least 4 members (excludes halogenated alkanes) is 8. The molecule has 0 saturated carbocycles. The van der Waals surface area contributed by atoms with E-state index in [1.54, 1.807) is 0 Å². The van der Waals surface area contributed by atoms with Gasteiger partial charge in [-0.2, -0.15) is 0 Å². The number of nitrogens with two attached hydrogens (primary N) is 1. The molecule has 0 aliphatic rings. The third kappa shape index (κ3) is 14.2. The standard InChI is InChI=1S/C13H30NO3P/c1-2-3-4-5-6-7-8-9-10-11-13(14)12-18(15,16)17/h13H,2-12,14H2,1H3,(H2,15,16,17). The van der Waals surface area contributed by atoms with Gasteiger partial charge in [0.15, 0.2) is 0 Å². The lowest BCUT2D eigenvalue weighted by Crippen LogP contribution is -2.24. The van der Waals surface area contributed by atoms with Crippen molar-refractivity contribution in [3.63, 3.8) is 0 Å². The maximum Gasteiger partial charge on any atom is 0.327 e. The monoisotopic (exact) mass is 279 g/mol. The number of rotatable bonds is 12. The van der Waals surface area contributed by atoms with Crippen molar-refractivity contribution in [2.45, 2.75) is 77.2 Å². The van der Waals surface area contributed by atoms with Gasteiger partial charge in [-0.25, -0.2) is 0 Å². The average Bonchev–Trinajstić information content (AvgIpc) is 2.24. The fourth-order valence-electron chi connectivity index (χ4n) is 2.11. The largest absolute Gasteiger partial charge is 0.327 e. The first-order valence-corrected chi connectivity index (χ1v) is 9.05. The molecule has 0 aliphatic carbocycles. The quantitative estimate of drug-likeness (QED) is 0.377. The Kier molecular flexibility index (Phi) is 11.0. The highest BCUT2D eigenvalue weighted by atomic mass is 31.2. The van der Waals surface area contributed by atoms with Crippen LogP contribution in [0.5, 0.6) is 0 Å². The summed E-state index contributed by atoms with van der Waals surface area (Å²) in [6, 6.07) is -0.351. The summed E-state index contributed by atoms with van der Waals surface area (Å²) in [5.41, 5.74) is 5.66. The molecule has 1 atom stereocenters. The van der Waals surface area contributed by atoms with Gasteiger partial charge < -0.3 is 15.5 Å². The Morgan fingerprint density at radius 3 is 1.83 bits per heavy atom. The van der Waals surface area contributed by atoms with Crippen LogP contribution in [0.1, 0.15) is 71.1 Å². The number of hydrogen-bond acceptors (Lipinski definition) is 2. The molecule has 0 heterocycles. The third-order valence-electron chi connectivity index (χ3n) is 3.15. The minimum Gasteiger partial charge on any atom is -0.327 e. The third-order valence-corrected chi connectivity index (χ3v) is 4.10. The first kappa shape index (κ1) is 18.1. The van der Waals surface area contributed by atoms with Crippen molar-refractivity contribution in [1.82, 2.24) is 0 Å². The minimum atomic E-state index is -3.92. The summed E-state index contributed by atoms with van der Waals surface area (Å²) in [7, 11) is -3.92. The highest BCUT2D eigenvalue weighted by molar-refractivity contribution is 7.51. The van der Waals surface area contributed by atoms with E-state index in [2.05, 4.69) is 6.92 Å². The van der Waals surface area contributed by atoms with Gasteiger partial charge in [0.1, 0.15) is 0 Å². The molecule has 0 fully saturated rings. The summed E-state index contributed by atoms with van der Waals surface area (Å²) in [6.07, 6.45) is 11.8. The van der Waals surface area contributed by atoms with Gasteiger partial charge in [0.05, 0.1) is 6.16 Å². The maximum atomic E-state index is 10.7. The van der Waals surface area contributed by atoms with Gasteiger partial charge in [0.2, 0.25) is 0 Å². The van der Waals surface area contributed by atoms with E-state index in [1.807, 2.05) is 0 Å². The van der Waals surface area contributed by atoms with Gasteiger partial charge in [-0.05, 0) is 6.42 Å². The zero-order chi connectivity index (χ0) is 13.9. The van der Waals surface area contributed by atoms with Crippen molar-refractivity contribution in [3.05, 3.63) is 0 Å². The SMILES string of the molecule is CCCCCCCCCCCC(N)CP(=O)(O)O. The van der Waals surface area contributed by atoms with Crippen LogP contribution in [-0.2, 0) is 4.57 Å². The Bertz CT molecular complexity index is 230. The molecule has 5 heteroatoms. The van der Waals surface area contributed by atoms with E-state index in [-0.39, 0.29) is 12.2 Å². The van der Waals surface area contributed by atoms with E-state index < -0.39 is 7.60 Å². The fourth-order valence-corrected chi connectivity index (χ4v) is 2.91. The highest BCUT2D eigenvalue weighted by Crippen LogP contribution is 2.35. The van der Waals surface area contributed by atoms with Crippen LogP contribution in [0.15, 0.2) is 0 Å². The summed E-state index contributed by atoms with van der Waals surface area (Å²) in [4.78, 5) is 17.5. The van der Waals surface area contributed by atoms with Gasteiger partial charge in [-0.15, -0.1) is 0 Å². The topological polar surface area (TPSA) is 83.6 Å². The lowest BCUT2D eigenvalue weighted by Gasteiger charge is -2.12. The molecule has 0 saturated heterocycles. The molecule has 0 spiro atoms. The van der Waals surface area contributed by atoms with Crippen molar-refractivity contribution in [2.75, 3.05) is 6.16 Å². The lowest BCUT2D eigenvalue weighted by molar-refractivity contribution is 0.366. The van der Waals surface area contributed by atoms with Crippen LogP contribution in [-0.4, -0.2) is 22.0 Å². The van der Waals surface area contributed by atoms with Crippen LogP contribution < -0.4 is 5.73 Å². The van der Waals surface area contributed by atoms with Crippen LogP contribution >= 0.6 is 7.60 Å². The molecule has 0 amide bonds. The summed E-state index contributed by atoms with van der Waals surface area (Å²) >= 11 is 0. The molecule has 110 valence electrons. The van der Waals surface area contributed by atoms with E-state index in [1.165, 1.54) is 44.9 Å². The molecular weight excluding hydrogens is 249 g/mol. The lowest BCUT2D eigenvalue weighted by atomic mass is 10.1. The Balaban J connectivity index is 3.22. The van der Waals surface area contributed by atoms with Crippen molar-refractivity contribution >= 4 is 7.60 Å². The molecule has 0 aromatic rings. The van der Waals surface area contributed by atoms with E-state index in [4.69, 9.17) is 15.5 Å². The molecule has 0 radical (unpaired) electrons. The average molecular weight is 279 g/mol. The normalized spacial score (nSPS) is 13.8. The number of hydrogen-bond donors (Lipinski definition) is 3. The summed E-state index contributed by atoms with van der Waals surface area (Å²) in [5.74, 6) is 0. The zero-order valence-corrected chi connectivity index (χ0v) is 12.6. The molecule has 0 aromatic heterocycles. The summed E-state index contributed by atoms with van der Waals surface area (Å²) in [6.45, 7) is 2.22. The Morgan fingerprint density at radius 1 is 0.944 bits per heavy atom. The minimum absolute atomic E-state index is 0.177. The van der Waals surface area contributed by atoms with Crippen LogP contribution in [0, 0.1) is 0 Å². The van der Waals surface area contributed by atoms with E-state index in [9.17, 15) is 4.57 Å². The van der Waals surface area contributed by atoms with Crippen molar-refractivity contribution in [1.29, 1.82) is 0 Å². The van der Waals surface area contributed by atoms with Crippen molar-refractivity contribution in [3.8, 4) is 0 Å². The Labute approximate surface area is 112 Å². The van der Waals surface area contributed by atoms with Crippen molar-refractivity contribution in [2.24, 2.45) is 5.73 Å². The maximum absolute atomic E-state index is 10.7. The van der Waals surface area contributed by atoms with E-state index in [0.717, 1.165) is 19.3 Å². The zero-order valence-electron chi connectivity index (χ0n) is 11.7. The molecule has 0 aliphatic heterocycles. The van der Waals surface area contributed by atoms with Crippen LogP contribution in [0.2, 0.25) is 0 Å². The predicted molar refractivity (Wildman–Crippen MR) is 76.7 cm³/mol. The molecule has 0 aromatic carbocycles. The van der Waals surface area contributed by atoms with Crippen molar-refractivity contribution < 1.29 is 14.4 Å². The molecule has 4 N–H and O–H groups in total. The fraction of sp³-hybridized carbons (Fsp3) is 1.00. The Morgan fingerprint density at radius 2 is 1.39 bits per heavy atom. The van der Waals surface area contributed by atoms with Crippen LogP contribution in [0.3, 0.4) is 0 Å². The van der Waals surface area contributed by atoms with E-state index >= 15 is 0 Å². The molecule has 4 nitrogen and oxygen atoms in total. The second kappa shape index (κ2) is 11.0. The van der Waals surface area contributed by atoms with E-state index in [0.29, 0.717) is 0 Å².